The minimum Gasteiger partial charge on any atom is -0.490 e. The molecule has 0 aliphatic rings. The van der Waals surface area contributed by atoms with Crippen molar-refractivity contribution in [3.05, 3.63) is 56.5 Å². The summed E-state index contributed by atoms with van der Waals surface area (Å²) < 4.78 is 11.2. The minimum absolute atomic E-state index is 0.162. The van der Waals surface area contributed by atoms with Crippen LogP contribution in [0.4, 0.5) is 0 Å². The standard InChI is InChI=1S/C16H13Cl3O3/c1-2-21-15-6-10(8-20)14(19)7-16(15)22-9-11-12(17)4-3-5-13(11)18/h3-8H,2,9H2,1H3. The van der Waals surface area contributed by atoms with Crippen LogP contribution in [-0.4, -0.2) is 12.9 Å². The second-order valence-electron chi connectivity index (χ2n) is 4.36. The highest BCUT2D eigenvalue weighted by Crippen LogP contribution is 2.34. The third kappa shape index (κ3) is 3.86. The molecule has 2 aromatic carbocycles. The van der Waals surface area contributed by atoms with Crippen molar-refractivity contribution in [2.24, 2.45) is 0 Å². The van der Waals surface area contributed by atoms with Crippen molar-refractivity contribution in [1.82, 2.24) is 0 Å². The molecule has 22 heavy (non-hydrogen) atoms. The highest BCUT2D eigenvalue weighted by atomic mass is 35.5. The molecule has 0 unspecified atom stereocenters. The van der Waals surface area contributed by atoms with Gasteiger partial charge in [0.15, 0.2) is 17.8 Å². The van der Waals surface area contributed by atoms with Gasteiger partial charge in [-0.2, -0.15) is 0 Å². The van der Waals surface area contributed by atoms with Crippen molar-refractivity contribution in [3.8, 4) is 11.5 Å². The molecular formula is C16H13Cl3O3. The fraction of sp³-hybridized carbons (Fsp3) is 0.188. The Bertz CT molecular complexity index is 666. The van der Waals surface area contributed by atoms with Crippen LogP contribution in [0.3, 0.4) is 0 Å². The van der Waals surface area contributed by atoms with Crippen LogP contribution in [-0.2, 0) is 6.61 Å². The quantitative estimate of drug-likeness (QED) is 0.644. The molecule has 0 aromatic heterocycles. The predicted molar refractivity (Wildman–Crippen MR) is 88.8 cm³/mol. The smallest absolute Gasteiger partial charge is 0.163 e. The molecule has 0 aliphatic carbocycles. The number of benzene rings is 2. The van der Waals surface area contributed by atoms with Crippen molar-refractivity contribution in [3.63, 3.8) is 0 Å². The molecule has 0 N–H and O–H groups in total. The fourth-order valence-electron chi connectivity index (χ4n) is 1.84. The van der Waals surface area contributed by atoms with Crippen molar-refractivity contribution in [2.75, 3.05) is 6.61 Å². The van der Waals surface area contributed by atoms with Crippen LogP contribution in [0.25, 0.3) is 0 Å². The van der Waals surface area contributed by atoms with Crippen LogP contribution in [0.5, 0.6) is 11.5 Å². The van der Waals surface area contributed by atoms with Crippen LogP contribution in [0.2, 0.25) is 15.1 Å². The van der Waals surface area contributed by atoms with Gasteiger partial charge >= 0.3 is 0 Å². The molecule has 2 aromatic rings. The van der Waals surface area contributed by atoms with Gasteiger partial charge in [-0.1, -0.05) is 40.9 Å². The number of hydrogen-bond donors (Lipinski definition) is 0. The van der Waals surface area contributed by atoms with Gasteiger partial charge in [-0.15, -0.1) is 0 Å². The molecule has 0 heterocycles. The highest BCUT2D eigenvalue weighted by molar-refractivity contribution is 6.36. The lowest BCUT2D eigenvalue weighted by Crippen LogP contribution is -2.02. The van der Waals surface area contributed by atoms with Crippen LogP contribution >= 0.6 is 34.8 Å². The first-order valence-electron chi connectivity index (χ1n) is 6.54. The van der Waals surface area contributed by atoms with Crippen LogP contribution in [0.1, 0.15) is 22.8 Å². The largest absolute Gasteiger partial charge is 0.490 e. The van der Waals surface area contributed by atoms with E-state index < -0.39 is 0 Å². The molecule has 0 saturated heterocycles. The summed E-state index contributed by atoms with van der Waals surface area (Å²) >= 11 is 18.2. The topological polar surface area (TPSA) is 35.5 Å². The maximum absolute atomic E-state index is 10.9. The first kappa shape index (κ1) is 16.9. The van der Waals surface area contributed by atoms with E-state index in [0.29, 0.717) is 50.6 Å². The van der Waals surface area contributed by atoms with E-state index in [0.717, 1.165) is 0 Å². The van der Waals surface area contributed by atoms with Crippen molar-refractivity contribution >= 4 is 41.1 Å². The van der Waals surface area contributed by atoms with Gasteiger partial charge in [-0.05, 0) is 25.1 Å². The van der Waals surface area contributed by atoms with Crippen molar-refractivity contribution in [2.45, 2.75) is 13.5 Å². The number of ether oxygens (including phenoxy) is 2. The Balaban J connectivity index is 2.28. The third-order valence-electron chi connectivity index (χ3n) is 2.92. The van der Waals surface area contributed by atoms with E-state index in [-0.39, 0.29) is 6.61 Å². The van der Waals surface area contributed by atoms with Gasteiger partial charge in [-0.3, -0.25) is 4.79 Å². The third-order valence-corrected chi connectivity index (χ3v) is 3.96. The summed E-state index contributed by atoms with van der Waals surface area (Å²) in [6.45, 7) is 2.43. The van der Waals surface area contributed by atoms with Gasteiger partial charge in [0.05, 0.1) is 11.6 Å². The number of hydrogen-bond acceptors (Lipinski definition) is 3. The lowest BCUT2D eigenvalue weighted by atomic mass is 10.2. The SMILES string of the molecule is CCOc1cc(C=O)c(Cl)cc1OCc1c(Cl)cccc1Cl. The Morgan fingerprint density at radius 2 is 1.64 bits per heavy atom. The lowest BCUT2D eigenvalue weighted by Gasteiger charge is -2.14. The number of aldehydes is 1. The number of rotatable bonds is 6. The lowest BCUT2D eigenvalue weighted by molar-refractivity contribution is 0.112. The van der Waals surface area contributed by atoms with Gasteiger partial charge in [0.2, 0.25) is 0 Å². The summed E-state index contributed by atoms with van der Waals surface area (Å²) in [4.78, 5) is 10.9. The van der Waals surface area contributed by atoms with E-state index in [9.17, 15) is 4.79 Å². The minimum atomic E-state index is 0.162. The molecule has 2 rings (SSSR count). The molecule has 0 atom stereocenters. The molecule has 3 nitrogen and oxygen atoms in total. The Morgan fingerprint density at radius 3 is 2.23 bits per heavy atom. The summed E-state index contributed by atoms with van der Waals surface area (Å²) in [7, 11) is 0. The van der Waals surface area contributed by atoms with E-state index >= 15 is 0 Å². The summed E-state index contributed by atoms with van der Waals surface area (Å²) in [5.41, 5.74) is 1.01. The van der Waals surface area contributed by atoms with E-state index in [2.05, 4.69) is 0 Å². The van der Waals surface area contributed by atoms with Gasteiger partial charge in [-0.25, -0.2) is 0 Å². The molecule has 0 radical (unpaired) electrons. The Morgan fingerprint density at radius 1 is 1.00 bits per heavy atom. The molecule has 0 spiro atoms. The summed E-state index contributed by atoms with van der Waals surface area (Å²) in [5.74, 6) is 0.866. The molecule has 0 saturated carbocycles. The maximum atomic E-state index is 10.9. The monoisotopic (exact) mass is 358 g/mol. The second kappa shape index (κ2) is 7.73. The first-order valence-corrected chi connectivity index (χ1v) is 7.67. The van der Waals surface area contributed by atoms with Crippen LogP contribution < -0.4 is 9.47 Å². The molecule has 0 fully saturated rings. The predicted octanol–water partition coefficient (Wildman–Crippen LogP) is 5.44. The normalized spacial score (nSPS) is 10.4. The van der Waals surface area contributed by atoms with Crippen molar-refractivity contribution < 1.29 is 14.3 Å². The van der Waals surface area contributed by atoms with E-state index in [1.807, 2.05) is 6.92 Å². The first-order chi connectivity index (χ1) is 10.6. The Hall–Kier alpha value is -1.42. The van der Waals surface area contributed by atoms with E-state index in [1.54, 1.807) is 30.3 Å². The van der Waals surface area contributed by atoms with E-state index in [1.165, 1.54) is 0 Å². The van der Waals surface area contributed by atoms with Gasteiger partial charge in [0.1, 0.15) is 6.61 Å². The molecule has 116 valence electrons. The average molecular weight is 360 g/mol. The number of carbonyl (C=O) groups excluding carboxylic acids is 1. The molecule has 0 amide bonds. The second-order valence-corrected chi connectivity index (χ2v) is 5.58. The zero-order valence-electron chi connectivity index (χ0n) is 11.7. The molecule has 6 heteroatoms. The fourth-order valence-corrected chi connectivity index (χ4v) is 2.55. The average Bonchev–Trinajstić information content (AvgIpc) is 2.49. The molecular weight excluding hydrogens is 347 g/mol. The summed E-state index contributed by atoms with van der Waals surface area (Å²) in [5, 5.41) is 1.32. The van der Waals surface area contributed by atoms with Gasteiger partial charge in [0.25, 0.3) is 0 Å². The zero-order chi connectivity index (χ0) is 16.1. The van der Waals surface area contributed by atoms with Gasteiger partial charge < -0.3 is 9.47 Å². The van der Waals surface area contributed by atoms with Crippen molar-refractivity contribution in [1.29, 1.82) is 0 Å². The Kier molecular flexibility index (Phi) is 5.95. The highest BCUT2D eigenvalue weighted by Gasteiger charge is 2.13. The number of carbonyl (C=O) groups is 1. The van der Waals surface area contributed by atoms with Crippen LogP contribution in [0.15, 0.2) is 30.3 Å². The zero-order valence-corrected chi connectivity index (χ0v) is 14.0. The number of halogens is 3. The molecule has 0 bridgehead atoms. The molecule has 0 aliphatic heterocycles. The van der Waals surface area contributed by atoms with E-state index in [4.69, 9.17) is 44.3 Å². The summed E-state index contributed by atoms with van der Waals surface area (Å²) in [6, 6.07) is 8.31. The Labute approximate surface area is 143 Å². The summed E-state index contributed by atoms with van der Waals surface area (Å²) in [6.07, 6.45) is 0.666. The van der Waals surface area contributed by atoms with Gasteiger partial charge in [0, 0.05) is 27.2 Å². The maximum Gasteiger partial charge on any atom is 0.163 e. The van der Waals surface area contributed by atoms with Crippen LogP contribution in [0, 0.1) is 0 Å².